The van der Waals surface area contributed by atoms with Gasteiger partial charge < -0.3 is 4.98 Å². The number of aromatic amines is 1. The van der Waals surface area contributed by atoms with Gasteiger partial charge in [0, 0.05) is 46.8 Å². The van der Waals surface area contributed by atoms with Crippen LogP contribution in [0, 0.1) is 17.6 Å². The summed E-state index contributed by atoms with van der Waals surface area (Å²) in [7, 11) is -4.30. The van der Waals surface area contributed by atoms with Crippen LogP contribution in [0.4, 0.5) is 18.9 Å². The average molecular weight is 517 g/mol. The summed E-state index contributed by atoms with van der Waals surface area (Å²) in [5, 5.41) is 0.337. The molecule has 0 spiro atoms. The number of pyridine rings is 1. The molecule has 1 fully saturated rings. The lowest BCUT2D eigenvalue weighted by Crippen LogP contribution is -2.35. The van der Waals surface area contributed by atoms with Gasteiger partial charge in [0.15, 0.2) is 5.82 Å². The summed E-state index contributed by atoms with van der Waals surface area (Å²) in [4.78, 5) is 19.8. The Hall–Kier alpha value is -2.44. The molecule has 0 saturated carbocycles. The number of benzene rings is 1. The van der Waals surface area contributed by atoms with Crippen LogP contribution < -0.4 is 4.72 Å². The van der Waals surface area contributed by atoms with Gasteiger partial charge in [0.2, 0.25) is 5.78 Å². The van der Waals surface area contributed by atoms with Crippen molar-refractivity contribution in [3.05, 3.63) is 57.8 Å². The van der Waals surface area contributed by atoms with Gasteiger partial charge >= 0.3 is 10.2 Å². The Morgan fingerprint density at radius 2 is 2.06 bits per heavy atom. The average Bonchev–Trinajstić information content (AvgIpc) is 3.27. The second-order valence-corrected chi connectivity index (χ2v) is 9.87. The summed E-state index contributed by atoms with van der Waals surface area (Å²) in [5.74, 6) is -4.02. The molecule has 0 radical (unpaired) electrons. The predicted octanol–water partition coefficient (Wildman–Crippen LogP) is 3.78. The van der Waals surface area contributed by atoms with E-state index in [1.54, 1.807) is 13.0 Å². The normalized spacial score (nSPS) is 19.8. The summed E-state index contributed by atoms with van der Waals surface area (Å²) in [6.07, 6.45) is 1.42. The van der Waals surface area contributed by atoms with E-state index in [0.717, 1.165) is 16.4 Å². The van der Waals surface area contributed by atoms with Gasteiger partial charge in [-0.2, -0.15) is 12.7 Å². The lowest BCUT2D eigenvalue weighted by Gasteiger charge is -2.18. The number of hydrogen-bond acceptors (Lipinski definition) is 4. The molecule has 12 heteroatoms. The first-order valence-corrected chi connectivity index (χ1v) is 11.4. The van der Waals surface area contributed by atoms with Crippen LogP contribution in [0.3, 0.4) is 0 Å². The number of ketones is 1. The molecule has 1 saturated heterocycles. The summed E-state index contributed by atoms with van der Waals surface area (Å²) < 4.78 is 71.8. The SMILES string of the molecule is C[C@H]1CN(S(=O)(=O)Nc2ccc(F)c(C(=O)c3c[nH]c4ncc(Br)cc34)c2F)C[C@@H]1F. The number of anilines is 1. The van der Waals surface area contributed by atoms with Crippen LogP contribution in [0.25, 0.3) is 11.0 Å². The number of H-pyrrole nitrogens is 1. The molecule has 31 heavy (non-hydrogen) atoms. The number of carbonyl (C=O) groups is 1. The highest BCUT2D eigenvalue weighted by molar-refractivity contribution is 9.10. The van der Waals surface area contributed by atoms with Crippen LogP contribution in [0.1, 0.15) is 22.8 Å². The van der Waals surface area contributed by atoms with E-state index < -0.39 is 51.0 Å². The molecule has 0 amide bonds. The third-order valence-electron chi connectivity index (χ3n) is 5.13. The Bertz CT molecular complexity index is 1290. The van der Waals surface area contributed by atoms with Crippen LogP contribution in [0.15, 0.2) is 35.1 Å². The molecule has 0 aliphatic carbocycles. The zero-order chi connectivity index (χ0) is 22.5. The number of carbonyl (C=O) groups excluding carboxylic acids is 1. The molecule has 3 aromatic rings. The number of hydrogen-bond donors (Lipinski definition) is 2. The van der Waals surface area contributed by atoms with Gasteiger partial charge in [0.05, 0.1) is 11.3 Å². The van der Waals surface area contributed by atoms with Crippen molar-refractivity contribution in [3.63, 3.8) is 0 Å². The lowest BCUT2D eigenvalue weighted by molar-refractivity contribution is 0.103. The first-order valence-electron chi connectivity index (χ1n) is 9.15. The smallest absolute Gasteiger partial charge is 0.301 e. The highest BCUT2D eigenvalue weighted by Gasteiger charge is 2.37. The number of fused-ring (bicyclic) bond motifs is 1. The molecule has 1 aliphatic rings. The lowest BCUT2D eigenvalue weighted by atomic mass is 10.0. The highest BCUT2D eigenvalue weighted by atomic mass is 79.9. The Labute approximate surface area is 184 Å². The van der Waals surface area contributed by atoms with E-state index in [4.69, 9.17) is 0 Å². The van der Waals surface area contributed by atoms with Crippen LogP contribution in [-0.4, -0.2) is 47.7 Å². The van der Waals surface area contributed by atoms with Gasteiger partial charge in [-0.25, -0.2) is 18.2 Å². The van der Waals surface area contributed by atoms with Crippen molar-refractivity contribution in [3.8, 4) is 0 Å². The molecular weight excluding hydrogens is 501 g/mol. The van der Waals surface area contributed by atoms with Crippen molar-refractivity contribution < 1.29 is 26.4 Å². The van der Waals surface area contributed by atoms with Gasteiger partial charge in [-0.3, -0.25) is 9.52 Å². The van der Waals surface area contributed by atoms with E-state index in [0.29, 0.717) is 15.5 Å². The summed E-state index contributed by atoms with van der Waals surface area (Å²) >= 11 is 3.23. The van der Waals surface area contributed by atoms with E-state index >= 15 is 4.39 Å². The maximum atomic E-state index is 15.1. The van der Waals surface area contributed by atoms with Crippen LogP contribution >= 0.6 is 15.9 Å². The van der Waals surface area contributed by atoms with Crippen LogP contribution in [-0.2, 0) is 10.2 Å². The zero-order valence-electron chi connectivity index (χ0n) is 16.0. The molecule has 4 rings (SSSR count). The molecule has 164 valence electrons. The Morgan fingerprint density at radius 3 is 2.74 bits per heavy atom. The van der Waals surface area contributed by atoms with Crippen molar-refractivity contribution in [2.45, 2.75) is 13.1 Å². The van der Waals surface area contributed by atoms with Crippen molar-refractivity contribution in [2.75, 3.05) is 17.8 Å². The quantitative estimate of drug-likeness (QED) is 0.504. The first-order chi connectivity index (χ1) is 14.6. The predicted molar refractivity (Wildman–Crippen MR) is 112 cm³/mol. The molecule has 2 atom stereocenters. The van der Waals surface area contributed by atoms with E-state index in [1.165, 1.54) is 12.4 Å². The second kappa shape index (κ2) is 7.92. The van der Waals surface area contributed by atoms with E-state index in [9.17, 15) is 22.0 Å². The standard InChI is InChI=1S/C19H16BrF3N4O3S/c1-9-7-27(8-14(9)22)31(29,30)26-15-3-2-13(21)16(17(15)23)18(28)12-6-25-19-11(12)4-10(20)5-24-19/h2-6,9,14,26H,7-8H2,1H3,(H,24,25)/t9-,14-/m0/s1. The fourth-order valence-corrected chi connectivity index (χ4v) is 5.09. The van der Waals surface area contributed by atoms with Gasteiger partial charge in [0.25, 0.3) is 0 Å². The topological polar surface area (TPSA) is 95.2 Å². The van der Waals surface area contributed by atoms with Gasteiger partial charge in [0.1, 0.15) is 17.6 Å². The minimum Gasteiger partial charge on any atom is -0.345 e. The molecule has 2 aromatic heterocycles. The number of nitrogens with zero attached hydrogens (tertiary/aromatic N) is 2. The summed E-state index contributed by atoms with van der Waals surface area (Å²) in [6.45, 7) is 1.11. The number of halogens is 4. The first kappa shape index (κ1) is 21.8. The third-order valence-corrected chi connectivity index (χ3v) is 7.02. The van der Waals surface area contributed by atoms with Gasteiger partial charge in [-0.05, 0) is 34.1 Å². The molecule has 0 bridgehead atoms. The van der Waals surface area contributed by atoms with E-state index in [1.807, 2.05) is 4.72 Å². The number of aromatic nitrogens is 2. The molecule has 0 unspecified atom stereocenters. The monoisotopic (exact) mass is 516 g/mol. The highest BCUT2D eigenvalue weighted by Crippen LogP contribution is 2.29. The molecule has 3 heterocycles. The summed E-state index contributed by atoms with van der Waals surface area (Å²) in [6, 6.07) is 3.23. The third kappa shape index (κ3) is 3.94. The van der Waals surface area contributed by atoms with Crippen molar-refractivity contribution in [1.82, 2.24) is 14.3 Å². The van der Waals surface area contributed by atoms with Gasteiger partial charge in [-0.1, -0.05) is 6.92 Å². The minimum atomic E-state index is -4.30. The summed E-state index contributed by atoms with van der Waals surface area (Å²) in [5.41, 5.74) is -1.22. The van der Waals surface area contributed by atoms with Gasteiger partial charge in [-0.15, -0.1) is 0 Å². The molecular formula is C19H16BrF3N4O3S. The Balaban J connectivity index is 1.71. The molecule has 2 N–H and O–H groups in total. The van der Waals surface area contributed by atoms with Crippen molar-refractivity contribution >= 4 is 48.6 Å². The number of rotatable bonds is 5. The number of alkyl halides is 1. The largest absolute Gasteiger partial charge is 0.345 e. The van der Waals surface area contributed by atoms with Crippen molar-refractivity contribution in [1.29, 1.82) is 0 Å². The van der Waals surface area contributed by atoms with E-state index in [2.05, 4.69) is 25.9 Å². The second-order valence-electron chi connectivity index (χ2n) is 7.28. The zero-order valence-corrected chi connectivity index (χ0v) is 18.4. The van der Waals surface area contributed by atoms with Crippen LogP contribution in [0.5, 0.6) is 0 Å². The minimum absolute atomic E-state index is 0.0322. The van der Waals surface area contributed by atoms with E-state index in [-0.39, 0.29) is 18.7 Å². The molecule has 7 nitrogen and oxygen atoms in total. The fraction of sp³-hybridized carbons (Fsp3) is 0.263. The molecule has 1 aliphatic heterocycles. The maximum Gasteiger partial charge on any atom is 0.301 e. The van der Waals surface area contributed by atoms with Crippen LogP contribution in [0.2, 0.25) is 0 Å². The number of nitrogens with one attached hydrogen (secondary N) is 2. The van der Waals surface area contributed by atoms with Crippen molar-refractivity contribution in [2.24, 2.45) is 5.92 Å². The Kier molecular flexibility index (Phi) is 5.56. The maximum absolute atomic E-state index is 15.1. The molecule has 1 aromatic carbocycles. The Morgan fingerprint density at radius 1 is 1.32 bits per heavy atom. The fourth-order valence-electron chi connectivity index (χ4n) is 3.42.